The number of carbonyl (C=O) groups is 2. The average molecular weight is 299 g/mol. The number of nitrogens with one attached hydrogen (secondary N) is 1. The van der Waals surface area contributed by atoms with E-state index in [-0.39, 0.29) is 5.91 Å². The fourth-order valence-corrected chi connectivity index (χ4v) is 2.92. The molecule has 0 bridgehead atoms. The first-order chi connectivity index (χ1) is 10.2. The predicted octanol–water partition coefficient (Wildman–Crippen LogP) is 0.357. The quantitative estimate of drug-likeness (QED) is 0.766. The molecule has 7 nitrogen and oxygen atoms in total. The third kappa shape index (κ3) is 5.17. The van der Waals surface area contributed by atoms with Gasteiger partial charge >= 0.3 is 6.09 Å². The van der Waals surface area contributed by atoms with Crippen LogP contribution in [0, 0.1) is 0 Å². The van der Waals surface area contributed by atoms with E-state index < -0.39 is 12.1 Å². The number of amides is 2. The molecule has 0 aromatic carbocycles. The van der Waals surface area contributed by atoms with Gasteiger partial charge in [-0.15, -0.1) is 0 Å². The first-order valence-corrected chi connectivity index (χ1v) is 7.75. The Morgan fingerprint density at radius 3 is 2.71 bits per heavy atom. The molecule has 0 unspecified atom stereocenters. The van der Waals surface area contributed by atoms with E-state index >= 15 is 0 Å². The standard InChI is InChI=1S/C14H25N3O4/c18-13-12(15-14(19)20)4-1-2-6-17(13)7-3-5-16-8-10-21-11-9-16/h12,15H,1-11H2,(H,19,20)/t12-/m0/s1. The minimum atomic E-state index is -1.12. The molecule has 2 aliphatic rings. The first-order valence-electron chi connectivity index (χ1n) is 7.75. The Morgan fingerprint density at radius 1 is 1.24 bits per heavy atom. The van der Waals surface area contributed by atoms with Crippen LogP contribution in [0.2, 0.25) is 0 Å². The van der Waals surface area contributed by atoms with Crippen LogP contribution in [0.3, 0.4) is 0 Å². The summed E-state index contributed by atoms with van der Waals surface area (Å²) >= 11 is 0. The van der Waals surface area contributed by atoms with Crippen molar-refractivity contribution in [2.24, 2.45) is 0 Å². The molecule has 120 valence electrons. The molecule has 1 atom stereocenters. The zero-order valence-corrected chi connectivity index (χ0v) is 12.4. The van der Waals surface area contributed by atoms with Crippen molar-refractivity contribution in [1.82, 2.24) is 15.1 Å². The summed E-state index contributed by atoms with van der Waals surface area (Å²) in [6.07, 6.45) is 2.23. The number of hydrogen-bond donors (Lipinski definition) is 2. The van der Waals surface area contributed by atoms with E-state index in [0.717, 1.165) is 58.7 Å². The lowest BCUT2D eigenvalue weighted by Crippen LogP contribution is -2.47. The van der Waals surface area contributed by atoms with Gasteiger partial charge < -0.3 is 20.1 Å². The molecule has 0 aromatic heterocycles. The van der Waals surface area contributed by atoms with Crippen molar-refractivity contribution in [3.63, 3.8) is 0 Å². The Hall–Kier alpha value is -1.34. The number of rotatable bonds is 5. The zero-order valence-electron chi connectivity index (χ0n) is 12.4. The molecule has 0 aromatic rings. The molecule has 2 heterocycles. The zero-order chi connectivity index (χ0) is 15.1. The van der Waals surface area contributed by atoms with Crippen molar-refractivity contribution in [2.75, 3.05) is 45.9 Å². The third-order valence-electron chi connectivity index (χ3n) is 4.08. The van der Waals surface area contributed by atoms with Gasteiger partial charge in [-0.05, 0) is 25.7 Å². The lowest BCUT2D eigenvalue weighted by Gasteiger charge is -2.28. The van der Waals surface area contributed by atoms with E-state index in [1.54, 1.807) is 0 Å². The van der Waals surface area contributed by atoms with Crippen molar-refractivity contribution in [3.8, 4) is 0 Å². The number of morpholine rings is 1. The summed E-state index contributed by atoms with van der Waals surface area (Å²) in [6, 6.07) is -0.576. The predicted molar refractivity (Wildman–Crippen MR) is 77.3 cm³/mol. The van der Waals surface area contributed by atoms with Crippen LogP contribution in [0.15, 0.2) is 0 Å². The molecule has 7 heteroatoms. The van der Waals surface area contributed by atoms with E-state index in [4.69, 9.17) is 9.84 Å². The van der Waals surface area contributed by atoms with Gasteiger partial charge in [0.25, 0.3) is 0 Å². The number of nitrogens with zero attached hydrogens (tertiary/aromatic N) is 2. The summed E-state index contributed by atoms with van der Waals surface area (Å²) in [5, 5.41) is 11.1. The lowest BCUT2D eigenvalue weighted by atomic mass is 10.1. The second-order valence-electron chi connectivity index (χ2n) is 5.63. The number of likely N-dealkylation sites (tertiary alicyclic amines) is 1. The number of carboxylic acid groups (broad SMARTS) is 1. The first kappa shape index (κ1) is 16.0. The van der Waals surface area contributed by atoms with E-state index in [1.165, 1.54) is 0 Å². The van der Waals surface area contributed by atoms with Crippen molar-refractivity contribution in [2.45, 2.75) is 31.7 Å². The maximum atomic E-state index is 12.3. The van der Waals surface area contributed by atoms with Crippen molar-refractivity contribution in [1.29, 1.82) is 0 Å². The molecule has 2 aliphatic heterocycles. The summed E-state index contributed by atoms with van der Waals surface area (Å²) in [5.41, 5.74) is 0. The monoisotopic (exact) mass is 299 g/mol. The average Bonchev–Trinajstić information content (AvgIpc) is 2.63. The van der Waals surface area contributed by atoms with Gasteiger partial charge in [-0.25, -0.2) is 4.79 Å². The number of carbonyl (C=O) groups excluding carboxylic acids is 1. The van der Waals surface area contributed by atoms with E-state index in [1.807, 2.05) is 4.90 Å². The Morgan fingerprint density at radius 2 is 2.00 bits per heavy atom. The third-order valence-corrected chi connectivity index (χ3v) is 4.08. The molecule has 2 N–H and O–H groups in total. The van der Waals surface area contributed by atoms with Crippen LogP contribution in [0.5, 0.6) is 0 Å². The lowest BCUT2D eigenvalue weighted by molar-refractivity contribution is -0.132. The highest BCUT2D eigenvalue weighted by atomic mass is 16.5. The molecule has 2 fully saturated rings. The Labute approximate surface area is 125 Å². The molecule has 0 radical (unpaired) electrons. The maximum absolute atomic E-state index is 12.3. The molecule has 0 aliphatic carbocycles. The van der Waals surface area contributed by atoms with E-state index in [9.17, 15) is 9.59 Å². The number of hydrogen-bond acceptors (Lipinski definition) is 4. The van der Waals surface area contributed by atoms with Gasteiger partial charge in [0.2, 0.25) is 5.91 Å². The molecule has 21 heavy (non-hydrogen) atoms. The maximum Gasteiger partial charge on any atom is 0.405 e. The molecule has 2 amide bonds. The summed E-state index contributed by atoms with van der Waals surface area (Å²) in [4.78, 5) is 27.2. The fourth-order valence-electron chi connectivity index (χ4n) is 2.92. The van der Waals surface area contributed by atoms with Crippen LogP contribution in [0.1, 0.15) is 25.7 Å². The van der Waals surface area contributed by atoms with Crippen LogP contribution in [0.25, 0.3) is 0 Å². The number of ether oxygens (including phenoxy) is 1. The second kappa shape index (κ2) is 8.19. The molecule has 2 saturated heterocycles. The molecule has 0 spiro atoms. The van der Waals surface area contributed by atoms with Crippen LogP contribution >= 0.6 is 0 Å². The van der Waals surface area contributed by atoms with E-state index in [0.29, 0.717) is 13.0 Å². The van der Waals surface area contributed by atoms with Gasteiger partial charge in [-0.3, -0.25) is 9.69 Å². The minimum Gasteiger partial charge on any atom is -0.465 e. The fraction of sp³-hybridized carbons (Fsp3) is 0.857. The highest BCUT2D eigenvalue weighted by Gasteiger charge is 2.27. The van der Waals surface area contributed by atoms with Crippen LogP contribution in [-0.2, 0) is 9.53 Å². The molecular weight excluding hydrogens is 274 g/mol. The molecular formula is C14H25N3O4. The Kier molecular flexibility index (Phi) is 6.25. The van der Waals surface area contributed by atoms with Gasteiger partial charge in [0, 0.05) is 32.7 Å². The topological polar surface area (TPSA) is 82.1 Å². The van der Waals surface area contributed by atoms with E-state index in [2.05, 4.69) is 10.2 Å². The molecule has 2 rings (SSSR count). The second-order valence-corrected chi connectivity index (χ2v) is 5.63. The Bertz CT molecular complexity index is 358. The highest BCUT2D eigenvalue weighted by molar-refractivity contribution is 5.85. The van der Waals surface area contributed by atoms with Crippen molar-refractivity contribution >= 4 is 12.0 Å². The van der Waals surface area contributed by atoms with Crippen molar-refractivity contribution in [3.05, 3.63) is 0 Å². The molecule has 0 saturated carbocycles. The minimum absolute atomic E-state index is 0.0723. The van der Waals surface area contributed by atoms with Crippen molar-refractivity contribution < 1.29 is 19.4 Å². The smallest absolute Gasteiger partial charge is 0.405 e. The SMILES string of the molecule is O=C(O)N[C@H]1CCCCN(CCCN2CCOCC2)C1=O. The van der Waals surface area contributed by atoms with Gasteiger partial charge in [0.1, 0.15) is 6.04 Å². The summed E-state index contributed by atoms with van der Waals surface area (Å²) in [7, 11) is 0. The van der Waals surface area contributed by atoms with Gasteiger partial charge in [-0.1, -0.05) is 0 Å². The van der Waals surface area contributed by atoms with Gasteiger partial charge in [0.05, 0.1) is 13.2 Å². The van der Waals surface area contributed by atoms with Crippen LogP contribution in [-0.4, -0.2) is 78.9 Å². The normalized spacial score (nSPS) is 24.7. The van der Waals surface area contributed by atoms with Gasteiger partial charge in [0.15, 0.2) is 0 Å². The Balaban J connectivity index is 1.77. The highest BCUT2D eigenvalue weighted by Crippen LogP contribution is 2.13. The van der Waals surface area contributed by atoms with Crippen LogP contribution < -0.4 is 5.32 Å². The summed E-state index contributed by atoms with van der Waals surface area (Å²) < 4.78 is 5.31. The van der Waals surface area contributed by atoms with Gasteiger partial charge in [-0.2, -0.15) is 0 Å². The summed E-state index contributed by atoms with van der Waals surface area (Å²) in [5.74, 6) is -0.0723. The largest absolute Gasteiger partial charge is 0.465 e. The summed E-state index contributed by atoms with van der Waals surface area (Å²) in [6.45, 7) is 5.88. The van der Waals surface area contributed by atoms with Crippen LogP contribution in [0.4, 0.5) is 4.79 Å².